The molecule has 36 valence electrons. The normalized spacial score (nSPS) is 0. The van der Waals surface area contributed by atoms with Crippen LogP contribution in [0.25, 0.3) is 0 Å². The maximum atomic E-state index is 0. The Balaban J connectivity index is 0. The van der Waals surface area contributed by atoms with Crippen LogP contribution in [-0.4, -0.2) is 5.48 Å². The van der Waals surface area contributed by atoms with E-state index in [0.29, 0.717) is 0 Å². The summed E-state index contributed by atoms with van der Waals surface area (Å²) in [5.74, 6) is 0. The van der Waals surface area contributed by atoms with Crippen LogP contribution in [0.1, 0.15) is 0 Å². The molecule has 0 aliphatic heterocycles. The van der Waals surface area contributed by atoms with Crippen molar-refractivity contribution in [3.05, 3.63) is 0 Å². The summed E-state index contributed by atoms with van der Waals surface area (Å²) in [6.07, 6.45) is 0. The molecule has 0 rings (SSSR count). The first-order valence-corrected chi connectivity index (χ1v) is 0. The summed E-state index contributed by atoms with van der Waals surface area (Å²) in [5.41, 5.74) is 0. The molecule has 2 radical (unpaired) electrons. The van der Waals surface area contributed by atoms with Gasteiger partial charge in [0.2, 0.25) is 0 Å². The van der Waals surface area contributed by atoms with Crippen molar-refractivity contribution in [2.45, 2.75) is 0 Å². The SMILES string of the molecule is O.[Cu+2].[Cu].[O-2]. The van der Waals surface area contributed by atoms with Crippen LogP contribution in [0.15, 0.2) is 0 Å². The Kier molecular flexibility index (Phi) is 796. The zero-order valence-corrected chi connectivity index (χ0v) is 3.39. The molecule has 0 aliphatic rings. The van der Waals surface area contributed by atoms with Gasteiger partial charge in [-0.05, 0) is 0 Å². The molecule has 0 saturated carbocycles. The Labute approximate surface area is 45.5 Å². The largest absolute Gasteiger partial charge is 2.00 e. The summed E-state index contributed by atoms with van der Waals surface area (Å²) in [6.45, 7) is 0. The average molecular weight is 161 g/mol. The van der Waals surface area contributed by atoms with Crippen molar-refractivity contribution < 1.29 is 45.1 Å². The predicted octanol–water partition coefficient (Wildman–Crippen LogP) is -0.949. The van der Waals surface area contributed by atoms with Gasteiger partial charge in [-0.15, -0.1) is 0 Å². The van der Waals surface area contributed by atoms with Gasteiger partial charge in [-0.25, -0.2) is 0 Å². The van der Waals surface area contributed by atoms with Gasteiger partial charge < -0.3 is 11.0 Å². The monoisotopic (exact) mass is 160 g/mol. The van der Waals surface area contributed by atoms with Crippen LogP contribution in [0.4, 0.5) is 0 Å². The zero-order chi connectivity index (χ0) is 0. The topological polar surface area (TPSA) is 60.0 Å². The summed E-state index contributed by atoms with van der Waals surface area (Å²) in [4.78, 5) is 0. The summed E-state index contributed by atoms with van der Waals surface area (Å²) < 4.78 is 0. The molecule has 2 N–H and O–H groups in total. The van der Waals surface area contributed by atoms with E-state index in [1.54, 1.807) is 0 Å². The van der Waals surface area contributed by atoms with E-state index in [0.717, 1.165) is 0 Å². The molecule has 0 unspecified atom stereocenters. The van der Waals surface area contributed by atoms with Gasteiger partial charge in [-0.3, -0.25) is 0 Å². The minimum Gasteiger partial charge on any atom is -2.00 e. The molecular formula is H2Cu2O2. The third-order valence-electron chi connectivity index (χ3n) is 0. The van der Waals surface area contributed by atoms with Crippen LogP contribution in [0.5, 0.6) is 0 Å². The molecular weight excluding hydrogens is 159 g/mol. The van der Waals surface area contributed by atoms with Crippen molar-refractivity contribution in [2.75, 3.05) is 0 Å². The van der Waals surface area contributed by atoms with E-state index in [-0.39, 0.29) is 45.1 Å². The number of hydrogen-bond acceptors (Lipinski definition) is 0. The maximum absolute atomic E-state index is 0. The van der Waals surface area contributed by atoms with E-state index in [2.05, 4.69) is 0 Å². The van der Waals surface area contributed by atoms with Gasteiger partial charge in [-0.1, -0.05) is 0 Å². The van der Waals surface area contributed by atoms with Crippen molar-refractivity contribution in [1.29, 1.82) is 0 Å². The van der Waals surface area contributed by atoms with Crippen LogP contribution >= 0.6 is 0 Å². The van der Waals surface area contributed by atoms with Crippen LogP contribution in [0.3, 0.4) is 0 Å². The van der Waals surface area contributed by atoms with Gasteiger partial charge in [0.15, 0.2) is 0 Å². The molecule has 0 saturated heterocycles. The van der Waals surface area contributed by atoms with Crippen molar-refractivity contribution in [3.63, 3.8) is 0 Å². The maximum Gasteiger partial charge on any atom is 2.00 e. The van der Waals surface area contributed by atoms with Crippen molar-refractivity contribution >= 4 is 0 Å². The van der Waals surface area contributed by atoms with Crippen LogP contribution < -0.4 is 0 Å². The number of hydrogen-bond donors (Lipinski definition) is 0. The van der Waals surface area contributed by atoms with Crippen molar-refractivity contribution in [2.24, 2.45) is 0 Å². The average Bonchev–Trinajstić information content (AvgIpc) is 0. The minimum atomic E-state index is 0. The molecule has 0 spiro atoms. The first-order chi connectivity index (χ1) is 0. The second-order valence-electron chi connectivity index (χ2n) is 0. The molecule has 0 fully saturated rings. The molecule has 2 nitrogen and oxygen atoms in total. The first-order valence-electron chi connectivity index (χ1n) is 0. The second-order valence-corrected chi connectivity index (χ2v) is 0. The van der Waals surface area contributed by atoms with E-state index in [4.69, 9.17) is 0 Å². The molecule has 0 amide bonds. The van der Waals surface area contributed by atoms with E-state index in [1.807, 2.05) is 0 Å². The predicted molar refractivity (Wildman–Crippen MR) is 4.30 cm³/mol. The molecule has 4 heavy (non-hydrogen) atoms. The fourth-order valence-corrected chi connectivity index (χ4v) is 0. The molecule has 0 atom stereocenters. The van der Waals surface area contributed by atoms with Crippen molar-refractivity contribution in [3.8, 4) is 0 Å². The quantitative estimate of drug-likeness (QED) is 0.411. The summed E-state index contributed by atoms with van der Waals surface area (Å²) in [5, 5.41) is 0. The van der Waals surface area contributed by atoms with Gasteiger partial charge in [0, 0.05) is 17.1 Å². The third kappa shape index (κ3) is 12.3. The van der Waals surface area contributed by atoms with Gasteiger partial charge in [0.05, 0.1) is 0 Å². The standard InChI is InChI=1S/2Cu.H2O.O/h;;1H2;/q;+2;;-2. The molecule has 0 bridgehead atoms. The Bertz CT molecular complexity index is 4.00. The fraction of sp³-hybridized carbons (Fsp3) is 0. The molecule has 0 aromatic heterocycles. The zero-order valence-electron chi connectivity index (χ0n) is 1.51. The van der Waals surface area contributed by atoms with Crippen LogP contribution in [0, 0.1) is 0 Å². The van der Waals surface area contributed by atoms with Crippen LogP contribution in [0.2, 0.25) is 0 Å². The second kappa shape index (κ2) is 37.7. The van der Waals surface area contributed by atoms with Crippen LogP contribution in [-0.2, 0) is 39.6 Å². The number of rotatable bonds is 0. The Morgan fingerprint density at radius 2 is 1.00 bits per heavy atom. The van der Waals surface area contributed by atoms with Crippen molar-refractivity contribution in [1.82, 2.24) is 0 Å². The Hall–Kier alpha value is 0.959. The molecule has 0 aliphatic carbocycles. The molecule has 0 aromatic carbocycles. The van der Waals surface area contributed by atoms with Gasteiger partial charge >= 0.3 is 17.1 Å². The first kappa shape index (κ1) is 84.5. The van der Waals surface area contributed by atoms with E-state index >= 15 is 0 Å². The smallest absolute Gasteiger partial charge is 2.00 e. The van der Waals surface area contributed by atoms with Gasteiger partial charge in [0.1, 0.15) is 0 Å². The third-order valence-corrected chi connectivity index (χ3v) is 0. The Morgan fingerprint density at radius 1 is 1.00 bits per heavy atom. The van der Waals surface area contributed by atoms with Gasteiger partial charge in [0.25, 0.3) is 0 Å². The minimum absolute atomic E-state index is 0. The van der Waals surface area contributed by atoms with E-state index in [1.165, 1.54) is 0 Å². The molecule has 0 aromatic rings. The van der Waals surface area contributed by atoms with Gasteiger partial charge in [-0.2, -0.15) is 0 Å². The summed E-state index contributed by atoms with van der Waals surface area (Å²) >= 11 is 0. The molecule has 4 heteroatoms. The fourth-order valence-electron chi connectivity index (χ4n) is 0. The van der Waals surface area contributed by atoms with E-state index in [9.17, 15) is 0 Å². The molecule has 0 heterocycles. The van der Waals surface area contributed by atoms with E-state index < -0.39 is 0 Å². The summed E-state index contributed by atoms with van der Waals surface area (Å²) in [6, 6.07) is 0. The summed E-state index contributed by atoms with van der Waals surface area (Å²) in [7, 11) is 0. The Morgan fingerprint density at radius 3 is 1.00 bits per heavy atom.